The molecule has 4 nitrogen and oxygen atoms in total. The molecule has 0 fully saturated rings. The summed E-state index contributed by atoms with van der Waals surface area (Å²) < 4.78 is 0. The third-order valence-corrected chi connectivity index (χ3v) is 2.83. The highest BCUT2D eigenvalue weighted by molar-refractivity contribution is 5.87. The van der Waals surface area contributed by atoms with Gasteiger partial charge in [-0.25, -0.2) is 4.79 Å². The average Bonchev–Trinajstić information content (AvgIpc) is 2.71. The third-order valence-electron chi connectivity index (χ3n) is 2.83. The fraction of sp³-hybridized carbons (Fsp3) is 0. The highest BCUT2D eigenvalue weighted by atomic mass is 16.4. The lowest BCUT2D eigenvalue weighted by atomic mass is 10.2. The van der Waals surface area contributed by atoms with E-state index in [1.807, 2.05) is 48.5 Å². The Balaban J connectivity index is 0.000000188. The second-order valence-corrected chi connectivity index (χ2v) is 4.63. The maximum atomic E-state index is 10.2. The number of hydrogen-bond donors (Lipinski definition) is 1. The molecule has 4 heteroatoms. The maximum absolute atomic E-state index is 10.2. The number of carboxylic acid groups (broad SMARTS) is 1. The molecule has 0 aliphatic carbocycles. The molecule has 0 aliphatic rings. The molecule has 0 radical (unpaired) electrons. The lowest BCUT2D eigenvalue weighted by molar-refractivity contribution is 0.0697. The van der Waals surface area contributed by atoms with E-state index in [0.29, 0.717) is 16.7 Å². The van der Waals surface area contributed by atoms with Crippen molar-refractivity contribution in [2.24, 2.45) is 0 Å². The predicted octanol–water partition coefficient (Wildman–Crippen LogP) is 4.50. The summed E-state index contributed by atoms with van der Waals surface area (Å²) in [6.45, 7) is 0. The molecule has 3 aromatic rings. The Morgan fingerprint density at radius 3 is 1.16 bits per heavy atom. The fourth-order valence-corrected chi connectivity index (χ4v) is 1.61. The van der Waals surface area contributed by atoms with E-state index in [4.69, 9.17) is 15.6 Å². The van der Waals surface area contributed by atoms with Gasteiger partial charge in [-0.3, -0.25) is 0 Å². The molecule has 0 aliphatic heterocycles. The molecule has 3 aromatic carbocycles. The molecule has 25 heavy (non-hydrogen) atoms. The summed E-state index contributed by atoms with van der Waals surface area (Å²) in [7, 11) is 0. The van der Waals surface area contributed by atoms with Gasteiger partial charge < -0.3 is 5.11 Å². The molecule has 0 aromatic heterocycles. The summed E-state index contributed by atoms with van der Waals surface area (Å²) in [6, 6.07) is 30.6. The van der Waals surface area contributed by atoms with Gasteiger partial charge >= 0.3 is 5.97 Å². The average molecular weight is 328 g/mol. The normalized spacial score (nSPS) is 8.24. The Kier molecular flexibility index (Phi) is 8.93. The van der Waals surface area contributed by atoms with E-state index in [1.165, 1.54) is 0 Å². The van der Waals surface area contributed by atoms with E-state index in [9.17, 15) is 4.79 Å². The molecule has 0 saturated heterocycles. The van der Waals surface area contributed by atoms with Crippen molar-refractivity contribution < 1.29 is 9.90 Å². The molecular formula is C21H16N2O2. The minimum Gasteiger partial charge on any atom is -0.478 e. The van der Waals surface area contributed by atoms with E-state index in [2.05, 4.69) is 0 Å². The Morgan fingerprint density at radius 2 is 0.960 bits per heavy atom. The first-order valence-corrected chi connectivity index (χ1v) is 7.36. The molecule has 0 heterocycles. The van der Waals surface area contributed by atoms with Crippen LogP contribution in [-0.4, -0.2) is 11.1 Å². The highest BCUT2D eigenvalue weighted by Gasteiger charge is 1.96. The molecule has 0 saturated carbocycles. The van der Waals surface area contributed by atoms with Crippen molar-refractivity contribution in [2.45, 2.75) is 0 Å². The largest absolute Gasteiger partial charge is 0.478 e. The van der Waals surface area contributed by atoms with E-state index in [-0.39, 0.29) is 0 Å². The van der Waals surface area contributed by atoms with Crippen LogP contribution in [0.5, 0.6) is 0 Å². The van der Waals surface area contributed by atoms with Crippen molar-refractivity contribution in [1.29, 1.82) is 10.5 Å². The number of hydrogen-bond acceptors (Lipinski definition) is 3. The van der Waals surface area contributed by atoms with E-state index < -0.39 is 5.97 Å². The number of benzene rings is 3. The van der Waals surface area contributed by atoms with Crippen LogP contribution in [-0.2, 0) is 0 Å². The van der Waals surface area contributed by atoms with Gasteiger partial charge in [-0.15, -0.1) is 0 Å². The van der Waals surface area contributed by atoms with Crippen molar-refractivity contribution in [2.75, 3.05) is 0 Å². The standard InChI is InChI=1S/2C7H5N.C7H6O2/c2*8-6-7-4-2-1-3-5-7;8-7(9)6-4-2-1-3-5-6/h2*1-5H;1-5H,(H,8,9). The molecule has 1 N–H and O–H groups in total. The van der Waals surface area contributed by atoms with Crippen LogP contribution >= 0.6 is 0 Å². The summed E-state index contributed by atoms with van der Waals surface area (Å²) >= 11 is 0. The maximum Gasteiger partial charge on any atom is 0.335 e. The van der Waals surface area contributed by atoms with E-state index >= 15 is 0 Å². The topological polar surface area (TPSA) is 84.9 Å². The lowest BCUT2D eigenvalue weighted by Gasteiger charge is -1.88. The van der Waals surface area contributed by atoms with Crippen LogP contribution in [0.4, 0.5) is 0 Å². The number of carbonyl (C=O) groups is 1. The summed E-state index contributed by atoms with van der Waals surface area (Å²) in [4.78, 5) is 10.2. The summed E-state index contributed by atoms with van der Waals surface area (Å²) in [6.07, 6.45) is 0. The third kappa shape index (κ3) is 8.35. The van der Waals surface area contributed by atoms with Gasteiger partial charge in [-0.2, -0.15) is 10.5 Å². The zero-order chi connectivity index (χ0) is 18.3. The quantitative estimate of drug-likeness (QED) is 0.712. The predicted molar refractivity (Wildman–Crippen MR) is 95.7 cm³/mol. The molecule has 0 spiro atoms. The molecule has 0 amide bonds. The van der Waals surface area contributed by atoms with Gasteiger partial charge in [0, 0.05) is 0 Å². The Morgan fingerprint density at radius 1 is 0.640 bits per heavy atom. The van der Waals surface area contributed by atoms with E-state index in [1.54, 1.807) is 54.6 Å². The molecular weight excluding hydrogens is 312 g/mol. The first kappa shape index (κ1) is 19.2. The molecule has 0 bridgehead atoms. The number of nitrogens with zero attached hydrogens (tertiary/aromatic N) is 2. The number of rotatable bonds is 1. The van der Waals surface area contributed by atoms with Crippen LogP contribution in [0.15, 0.2) is 91.0 Å². The van der Waals surface area contributed by atoms with Gasteiger partial charge in [0.15, 0.2) is 0 Å². The van der Waals surface area contributed by atoms with Crippen molar-refractivity contribution in [3.05, 3.63) is 108 Å². The second kappa shape index (κ2) is 11.6. The van der Waals surface area contributed by atoms with Crippen LogP contribution in [0, 0.1) is 22.7 Å². The summed E-state index contributed by atoms with van der Waals surface area (Å²) in [5.74, 6) is -0.879. The second-order valence-electron chi connectivity index (χ2n) is 4.63. The zero-order valence-corrected chi connectivity index (χ0v) is 13.4. The molecule has 0 atom stereocenters. The summed E-state index contributed by atoms with van der Waals surface area (Å²) in [5.41, 5.74) is 1.76. The number of nitriles is 2. The Labute approximate surface area is 146 Å². The summed E-state index contributed by atoms with van der Waals surface area (Å²) in [5, 5.41) is 25.0. The van der Waals surface area contributed by atoms with Crippen molar-refractivity contribution in [3.8, 4) is 12.1 Å². The molecule has 122 valence electrons. The zero-order valence-electron chi connectivity index (χ0n) is 13.4. The Hall–Kier alpha value is -3.89. The van der Waals surface area contributed by atoms with Crippen LogP contribution in [0.1, 0.15) is 21.5 Å². The molecule has 0 unspecified atom stereocenters. The minimum absolute atomic E-state index is 0.331. The fourth-order valence-electron chi connectivity index (χ4n) is 1.61. The molecule has 3 rings (SSSR count). The smallest absolute Gasteiger partial charge is 0.335 e. The van der Waals surface area contributed by atoms with Crippen molar-refractivity contribution in [1.82, 2.24) is 0 Å². The van der Waals surface area contributed by atoms with Crippen LogP contribution < -0.4 is 0 Å². The van der Waals surface area contributed by atoms with Gasteiger partial charge in [-0.1, -0.05) is 54.6 Å². The van der Waals surface area contributed by atoms with Crippen LogP contribution in [0.3, 0.4) is 0 Å². The lowest BCUT2D eigenvalue weighted by Crippen LogP contribution is -1.93. The Bertz CT molecular complexity index is 784. The highest BCUT2D eigenvalue weighted by Crippen LogP contribution is 1.96. The van der Waals surface area contributed by atoms with Crippen molar-refractivity contribution in [3.63, 3.8) is 0 Å². The van der Waals surface area contributed by atoms with Gasteiger partial charge in [0.25, 0.3) is 0 Å². The van der Waals surface area contributed by atoms with Gasteiger partial charge in [0.05, 0.1) is 28.8 Å². The first-order chi connectivity index (χ1) is 12.2. The van der Waals surface area contributed by atoms with Gasteiger partial charge in [-0.05, 0) is 36.4 Å². The minimum atomic E-state index is -0.879. The van der Waals surface area contributed by atoms with Crippen LogP contribution in [0.25, 0.3) is 0 Å². The van der Waals surface area contributed by atoms with E-state index in [0.717, 1.165) is 0 Å². The van der Waals surface area contributed by atoms with Gasteiger partial charge in [0.1, 0.15) is 0 Å². The SMILES string of the molecule is N#Cc1ccccc1.N#Cc1ccccc1.O=C(O)c1ccccc1. The van der Waals surface area contributed by atoms with Gasteiger partial charge in [0.2, 0.25) is 0 Å². The first-order valence-electron chi connectivity index (χ1n) is 7.36. The number of carboxylic acids is 1. The monoisotopic (exact) mass is 328 g/mol. The van der Waals surface area contributed by atoms with Crippen molar-refractivity contribution >= 4 is 5.97 Å². The van der Waals surface area contributed by atoms with Crippen LogP contribution in [0.2, 0.25) is 0 Å². The number of aromatic carboxylic acids is 1.